The number of halogens is 2. The molecule has 1 saturated carbocycles. The number of benzene rings is 1. The van der Waals surface area contributed by atoms with Crippen LogP contribution in [0.3, 0.4) is 0 Å². The van der Waals surface area contributed by atoms with E-state index < -0.39 is 4.92 Å². The van der Waals surface area contributed by atoms with Crippen molar-refractivity contribution in [1.82, 2.24) is 0 Å². The van der Waals surface area contributed by atoms with Gasteiger partial charge < -0.3 is 5.32 Å². The number of hydrogen-bond donors (Lipinski definition) is 1. The topological polar surface area (TPSA) is 55.2 Å². The standard InChI is InChI=1S/C11H12Cl2N2O2/c12-8-5-10(14-4-3-7-1-2-7)11(15(16)17)6-9(8)13/h5-7,14H,1-4H2. The summed E-state index contributed by atoms with van der Waals surface area (Å²) in [5, 5.41) is 14.4. The van der Waals surface area contributed by atoms with Crippen molar-refractivity contribution in [2.75, 3.05) is 11.9 Å². The molecule has 0 aromatic heterocycles. The van der Waals surface area contributed by atoms with Crippen molar-refractivity contribution in [3.8, 4) is 0 Å². The fourth-order valence-corrected chi connectivity index (χ4v) is 1.97. The number of rotatable bonds is 5. The smallest absolute Gasteiger partial charge is 0.293 e. The Balaban J connectivity index is 2.11. The molecule has 4 nitrogen and oxygen atoms in total. The lowest BCUT2D eigenvalue weighted by Gasteiger charge is -2.07. The maximum atomic E-state index is 10.9. The Hall–Kier alpha value is -1.00. The zero-order valence-corrected chi connectivity index (χ0v) is 10.6. The molecule has 1 N–H and O–H groups in total. The lowest BCUT2D eigenvalue weighted by molar-refractivity contribution is -0.383. The van der Waals surface area contributed by atoms with Gasteiger partial charge in [0.2, 0.25) is 0 Å². The molecule has 0 atom stereocenters. The van der Waals surface area contributed by atoms with E-state index in [4.69, 9.17) is 23.2 Å². The summed E-state index contributed by atoms with van der Waals surface area (Å²) in [7, 11) is 0. The van der Waals surface area contributed by atoms with Crippen molar-refractivity contribution in [2.24, 2.45) is 5.92 Å². The van der Waals surface area contributed by atoms with Gasteiger partial charge >= 0.3 is 0 Å². The molecule has 1 aromatic rings. The Morgan fingerprint density at radius 1 is 1.35 bits per heavy atom. The molecule has 1 aliphatic carbocycles. The molecule has 6 heteroatoms. The first-order valence-corrected chi connectivity index (χ1v) is 6.21. The van der Waals surface area contributed by atoms with Crippen molar-refractivity contribution in [3.63, 3.8) is 0 Å². The monoisotopic (exact) mass is 274 g/mol. The van der Waals surface area contributed by atoms with Crippen LogP contribution in [0.4, 0.5) is 11.4 Å². The third-order valence-electron chi connectivity index (χ3n) is 2.80. The highest BCUT2D eigenvalue weighted by Crippen LogP contribution is 2.35. The van der Waals surface area contributed by atoms with Crippen molar-refractivity contribution in [2.45, 2.75) is 19.3 Å². The second-order valence-corrected chi connectivity index (χ2v) is 5.01. The van der Waals surface area contributed by atoms with E-state index in [1.807, 2.05) is 0 Å². The van der Waals surface area contributed by atoms with Crippen LogP contribution in [-0.4, -0.2) is 11.5 Å². The Labute approximate surface area is 109 Å². The normalized spacial score (nSPS) is 14.7. The van der Waals surface area contributed by atoms with E-state index >= 15 is 0 Å². The van der Waals surface area contributed by atoms with Gasteiger partial charge in [-0.15, -0.1) is 0 Å². The fraction of sp³-hybridized carbons (Fsp3) is 0.455. The van der Waals surface area contributed by atoms with Gasteiger partial charge in [0.25, 0.3) is 5.69 Å². The number of anilines is 1. The second-order valence-electron chi connectivity index (χ2n) is 4.20. The Bertz CT molecular complexity index is 447. The maximum absolute atomic E-state index is 10.9. The Morgan fingerprint density at radius 2 is 2.00 bits per heavy atom. The molecule has 1 aliphatic rings. The van der Waals surface area contributed by atoms with Gasteiger partial charge in [-0.25, -0.2) is 0 Å². The van der Waals surface area contributed by atoms with Gasteiger partial charge in [0, 0.05) is 12.6 Å². The summed E-state index contributed by atoms with van der Waals surface area (Å²) in [5.41, 5.74) is 0.403. The van der Waals surface area contributed by atoms with Crippen molar-refractivity contribution >= 4 is 34.6 Å². The minimum Gasteiger partial charge on any atom is -0.379 e. The summed E-state index contributed by atoms with van der Waals surface area (Å²) in [6, 6.07) is 2.79. The molecule has 0 radical (unpaired) electrons. The van der Waals surface area contributed by atoms with Crippen LogP contribution in [0.1, 0.15) is 19.3 Å². The minimum absolute atomic E-state index is 0.0322. The van der Waals surface area contributed by atoms with E-state index in [9.17, 15) is 10.1 Å². The summed E-state index contributed by atoms with van der Waals surface area (Å²) in [6.45, 7) is 0.726. The van der Waals surface area contributed by atoms with Crippen molar-refractivity contribution in [1.29, 1.82) is 0 Å². The molecule has 0 aliphatic heterocycles. The van der Waals surface area contributed by atoms with Crippen LogP contribution < -0.4 is 5.32 Å². The van der Waals surface area contributed by atoms with E-state index in [0.717, 1.165) is 18.9 Å². The number of nitrogens with zero attached hydrogens (tertiary/aromatic N) is 1. The molecule has 0 bridgehead atoms. The first kappa shape index (κ1) is 12.5. The molecule has 92 valence electrons. The molecule has 0 amide bonds. The maximum Gasteiger partial charge on any atom is 0.293 e. The first-order chi connectivity index (χ1) is 8.08. The van der Waals surface area contributed by atoms with E-state index in [-0.39, 0.29) is 10.7 Å². The van der Waals surface area contributed by atoms with Gasteiger partial charge in [-0.3, -0.25) is 10.1 Å². The number of nitro groups is 1. The van der Waals surface area contributed by atoms with Crippen LogP contribution in [-0.2, 0) is 0 Å². The highest BCUT2D eigenvalue weighted by atomic mass is 35.5. The molecule has 0 spiro atoms. The summed E-state index contributed by atoms with van der Waals surface area (Å²) >= 11 is 11.6. The fourth-order valence-electron chi connectivity index (χ4n) is 1.65. The van der Waals surface area contributed by atoms with Crippen LogP contribution in [0.15, 0.2) is 12.1 Å². The van der Waals surface area contributed by atoms with Gasteiger partial charge in [-0.2, -0.15) is 0 Å². The van der Waals surface area contributed by atoms with E-state index in [0.29, 0.717) is 10.7 Å². The molecule has 0 unspecified atom stereocenters. The average Bonchev–Trinajstić information content (AvgIpc) is 3.06. The van der Waals surface area contributed by atoms with Crippen LogP contribution in [0.25, 0.3) is 0 Å². The molecule has 0 saturated heterocycles. The van der Waals surface area contributed by atoms with E-state index in [2.05, 4.69) is 5.32 Å². The Morgan fingerprint density at radius 3 is 2.59 bits per heavy atom. The lowest BCUT2D eigenvalue weighted by atomic mass is 10.2. The SMILES string of the molecule is O=[N+]([O-])c1cc(Cl)c(Cl)cc1NCCC1CC1. The van der Waals surface area contributed by atoms with Crippen molar-refractivity contribution in [3.05, 3.63) is 32.3 Å². The van der Waals surface area contributed by atoms with Crippen LogP contribution in [0.5, 0.6) is 0 Å². The highest BCUT2D eigenvalue weighted by Gasteiger charge is 2.21. The molecule has 17 heavy (non-hydrogen) atoms. The van der Waals surface area contributed by atoms with Crippen molar-refractivity contribution < 1.29 is 4.92 Å². The number of nitrogens with one attached hydrogen (secondary N) is 1. The second kappa shape index (κ2) is 5.10. The van der Waals surface area contributed by atoms with Gasteiger partial charge in [0.05, 0.1) is 15.0 Å². The third-order valence-corrected chi connectivity index (χ3v) is 3.52. The van der Waals surface area contributed by atoms with Crippen LogP contribution >= 0.6 is 23.2 Å². The molecule has 2 rings (SSSR count). The largest absolute Gasteiger partial charge is 0.379 e. The summed E-state index contributed by atoms with van der Waals surface area (Å²) < 4.78 is 0. The third kappa shape index (κ3) is 3.23. The predicted octanol–water partition coefficient (Wildman–Crippen LogP) is 4.11. The molecule has 1 fully saturated rings. The molecular weight excluding hydrogens is 263 g/mol. The van der Waals surface area contributed by atoms with Gasteiger partial charge in [0.1, 0.15) is 5.69 Å². The number of nitro benzene ring substituents is 1. The Kier molecular flexibility index (Phi) is 3.74. The average molecular weight is 275 g/mol. The summed E-state index contributed by atoms with van der Waals surface area (Å²) in [4.78, 5) is 10.4. The molecular formula is C11H12Cl2N2O2. The zero-order chi connectivity index (χ0) is 12.4. The summed E-state index contributed by atoms with van der Waals surface area (Å²) in [5.74, 6) is 0.782. The van der Waals surface area contributed by atoms with E-state index in [1.54, 1.807) is 0 Å². The first-order valence-electron chi connectivity index (χ1n) is 5.45. The molecule has 1 aromatic carbocycles. The zero-order valence-electron chi connectivity index (χ0n) is 9.08. The van der Waals surface area contributed by atoms with E-state index in [1.165, 1.54) is 25.0 Å². The number of hydrogen-bond acceptors (Lipinski definition) is 3. The van der Waals surface area contributed by atoms with Crippen LogP contribution in [0.2, 0.25) is 10.0 Å². The summed E-state index contributed by atoms with van der Waals surface area (Å²) in [6.07, 6.45) is 3.58. The quantitative estimate of drug-likeness (QED) is 0.649. The van der Waals surface area contributed by atoms with Crippen LogP contribution in [0, 0.1) is 16.0 Å². The predicted molar refractivity (Wildman–Crippen MR) is 68.9 cm³/mol. The molecule has 0 heterocycles. The minimum atomic E-state index is -0.457. The highest BCUT2D eigenvalue weighted by molar-refractivity contribution is 6.42. The van der Waals surface area contributed by atoms with Gasteiger partial charge in [-0.05, 0) is 18.4 Å². The lowest BCUT2D eigenvalue weighted by Crippen LogP contribution is -2.05. The van der Waals surface area contributed by atoms with Gasteiger partial charge in [0.15, 0.2) is 0 Å². The van der Waals surface area contributed by atoms with Gasteiger partial charge in [-0.1, -0.05) is 36.0 Å².